The number of fused-ring (bicyclic) bond motifs is 1. The summed E-state index contributed by atoms with van der Waals surface area (Å²) in [5, 5.41) is 5.93. The number of hydrogen-bond donors (Lipinski definition) is 0. The van der Waals surface area contributed by atoms with Crippen molar-refractivity contribution >= 4 is 72.2 Å². The highest BCUT2D eigenvalue weighted by Gasteiger charge is 2.14. The molecule has 186 valence electrons. The predicted molar refractivity (Wildman–Crippen MR) is 152 cm³/mol. The van der Waals surface area contributed by atoms with Crippen LogP contribution in [0.25, 0.3) is 10.9 Å². The number of rotatable bonds is 8. The third-order valence-electron chi connectivity index (χ3n) is 5.30. The van der Waals surface area contributed by atoms with Crippen LogP contribution in [-0.4, -0.2) is 23.0 Å². The monoisotopic (exact) mass is 651 g/mol. The molecule has 0 aliphatic rings. The average Bonchev–Trinajstić information content (AvgIpc) is 2.85. The van der Waals surface area contributed by atoms with Gasteiger partial charge < -0.3 is 9.47 Å². The van der Waals surface area contributed by atoms with Crippen molar-refractivity contribution in [2.75, 3.05) is 7.11 Å². The van der Waals surface area contributed by atoms with E-state index in [1.807, 2.05) is 31.2 Å². The van der Waals surface area contributed by atoms with Gasteiger partial charge in [0.15, 0.2) is 11.5 Å². The Morgan fingerprint density at radius 2 is 1.86 bits per heavy atom. The molecule has 0 atom stereocenters. The van der Waals surface area contributed by atoms with Gasteiger partial charge in [0.1, 0.15) is 12.4 Å². The van der Waals surface area contributed by atoms with Crippen LogP contribution in [-0.2, 0) is 13.0 Å². The van der Waals surface area contributed by atoms with Crippen molar-refractivity contribution in [3.63, 3.8) is 0 Å². The molecule has 4 aromatic rings. The number of methoxy groups -OCH3 is 1. The second kappa shape index (κ2) is 11.8. The lowest BCUT2D eigenvalue weighted by Crippen LogP contribution is -2.22. The van der Waals surface area contributed by atoms with Gasteiger partial charge in [0, 0.05) is 20.9 Å². The Bertz CT molecular complexity index is 1520. The van der Waals surface area contributed by atoms with Gasteiger partial charge in [-0.3, -0.25) is 4.79 Å². The first kappa shape index (κ1) is 26.7. The largest absolute Gasteiger partial charge is 0.493 e. The van der Waals surface area contributed by atoms with Crippen LogP contribution in [0.15, 0.2) is 67.4 Å². The number of aryl methyl sites for hydroxylation is 1. The lowest BCUT2D eigenvalue weighted by atomic mass is 10.2. The SMILES string of the molecule is CCCc1nc2ccc(Br)cc2c(=O)n1N=Cc1cc(Br)cc(OC)c1OCc1ccc(Cl)c(Cl)c1. The van der Waals surface area contributed by atoms with Gasteiger partial charge in [-0.1, -0.05) is 68.1 Å². The Balaban J connectivity index is 1.77. The molecule has 0 N–H and O–H groups in total. The van der Waals surface area contributed by atoms with Crippen LogP contribution in [0.4, 0.5) is 0 Å². The zero-order valence-electron chi connectivity index (χ0n) is 19.4. The molecule has 1 aromatic heterocycles. The van der Waals surface area contributed by atoms with E-state index in [2.05, 4.69) is 41.9 Å². The van der Waals surface area contributed by atoms with Crippen LogP contribution < -0.4 is 15.0 Å². The van der Waals surface area contributed by atoms with Gasteiger partial charge >= 0.3 is 0 Å². The number of halogens is 4. The maximum Gasteiger partial charge on any atom is 0.282 e. The van der Waals surface area contributed by atoms with E-state index in [0.29, 0.717) is 50.3 Å². The first-order valence-corrected chi connectivity index (χ1v) is 13.3. The molecule has 10 heteroatoms. The summed E-state index contributed by atoms with van der Waals surface area (Å²) in [7, 11) is 1.56. The van der Waals surface area contributed by atoms with E-state index in [9.17, 15) is 4.79 Å². The fraction of sp³-hybridized carbons (Fsp3) is 0.192. The summed E-state index contributed by atoms with van der Waals surface area (Å²) in [4.78, 5) is 18.0. The van der Waals surface area contributed by atoms with E-state index in [1.54, 1.807) is 37.6 Å². The van der Waals surface area contributed by atoms with Gasteiger partial charge in [0.2, 0.25) is 0 Å². The molecule has 0 bridgehead atoms. The molecule has 0 saturated carbocycles. The highest BCUT2D eigenvalue weighted by Crippen LogP contribution is 2.35. The van der Waals surface area contributed by atoms with E-state index in [1.165, 1.54) is 4.68 Å². The van der Waals surface area contributed by atoms with Crippen LogP contribution in [0.2, 0.25) is 10.0 Å². The highest BCUT2D eigenvalue weighted by atomic mass is 79.9. The maximum atomic E-state index is 13.3. The van der Waals surface area contributed by atoms with Gasteiger partial charge in [-0.15, -0.1) is 0 Å². The van der Waals surface area contributed by atoms with Gasteiger partial charge in [-0.25, -0.2) is 4.98 Å². The quantitative estimate of drug-likeness (QED) is 0.183. The van der Waals surface area contributed by atoms with E-state index >= 15 is 0 Å². The van der Waals surface area contributed by atoms with Crippen LogP contribution in [0.1, 0.15) is 30.3 Å². The van der Waals surface area contributed by atoms with Crippen molar-refractivity contribution in [1.82, 2.24) is 9.66 Å². The highest BCUT2D eigenvalue weighted by molar-refractivity contribution is 9.10. The van der Waals surface area contributed by atoms with Crippen LogP contribution in [0.5, 0.6) is 11.5 Å². The number of aromatic nitrogens is 2. The molecule has 0 amide bonds. The summed E-state index contributed by atoms with van der Waals surface area (Å²) >= 11 is 19.1. The molecule has 0 fully saturated rings. The van der Waals surface area contributed by atoms with Crippen LogP contribution >= 0.6 is 55.1 Å². The van der Waals surface area contributed by atoms with Crippen molar-refractivity contribution in [1.29, 1.82) is 0 Å². The second-order valence-electron chi connectivity index (χ2n) is 7.86. The minimum atomic E-state index is -0.249. The Labute approximate surface area is 235 Å². The lowest BCUT2D eigenvalue weighted by Gasteiger charge is -2.15. The summed E-state index contributed by atoms with van der Waals surface area (Å²) in [6.07, 6.45) is 2.98. The fourth-order valence-corrected chi connectivity index (χ4v) is 4.73. The van der Waals surface area contributed by atoms with Gasteiger partial charge in [0.05, 0.1) is 34.3 Å². The smallest absolute Gasteiger partial charge is 0.282 e. The molecule has 4 rings (SSSR count). The first-order chi connectivity index (χ1) is 17.3. The molecule has 6 nitrogen and oxygen atoms in total. The van der Waals surface area contributed by atoms with E-state index in [-0.39, 0.29) is 12.2 Å². The van der Waals surface area contributed by atoms with Crippen molar-refractivity contribution in [2.24, 2.45) is 5.10 Å². The third kappa shape index (κ3) is 5.94. The molecule has 0 aliphatic carbocycles. The molecule has 0 radical (unpaired) electrons. The number of benzene rings is 3. The molecule has 36 heavy (non-hydrogen) atoms. The Hall–Kier alpha value is -2.39. The maximum absolute atomic E-state index is 13.3. The minimum absolute atomic E-state index is 0.225. The van der Waals surface area contributed by atoms with Crippen molar-refractivity contribution < 1.29 is 9.47 Å². The topological polar surface area (TPSA) is 65.7 Å². The third-order valence-corrected chi connectivity index (χ3v) is 6.99. The summed E-state index contributed by atoms with van der Waals surface area (Å²) < 4.78 is 14.6. The molecule has 0 spiro atoms. The number of hydrogen-bond acceptors (Lipinski definition) is 5. The summed E-state index contributed by atoms with van der Waals surface area (Å²) in [5.74, 6) is 1.55. The van der Waals surface area contributed by atoms with Crippen LogP contribution in [0.3, 0.4) is 0 Å². The van der Waals surface area contributed by atoms with Gasteiger partial charge in [0.25, 0.3) is 5.56 Å². The Morgan fingerprint density at radius 1 is 1.06 bits per heavy atom. The number of ether oxygens (including phenoxy) is 2. The molecule has 0 unspecified atom stereocenters. The zero-order chi connectivity index (χ0) is 25.8. The molecule has 0 saturated heterocycles. The van der Waals surface area contributed by atoms with Crippen LogP contribution in [0, 0.1) is 0 Å². The first-order valence-electron chi connectivity index (χ1n) is 11.0. The number of nitrogens with zero attached hydrogens (tertiary/aromatic N) is 3. The summed E-state index contributed by atoms with van der Waals surface area (Å²) in [6, 6.07) is 14.4. The summed E-state index contributed by atoms with van der Waals surface area (Å²) in [6.45, 7) is 2.25. The lowest BCUT2D eigenvalue weighted by molar-refractivity contribution is 0.284. The van der Waals surface area contributed by atoms with E-state index in [4.69, 9.17) is 32.7 Å². The van der Waals surface area contributed by atoms with Crippen molar-refractivity contribution in [3.8, 4) is 11.5 Å². The molecule has 0 aliphatic heterocycles. The normalized spacial score (nSPS) is 11.4. The van der Waals surface area contributed by atoms with E-state index < -0.39 is 0 Å². The minimum Gasteiger partial charge on any atom is -0.493 e. The zero-order valence-corrected chi connectivity index (χ0v) is 24.1. The Kier molecular flexibility index (Phi) is 8.72. The molecule has 3 aromatic carbocycles. The van der Waals surface area contributed by atoms with Crippen molar-refractivity contribution in [2.45, 2.75) is 26.4 Å². The van der Waals surface area contributed by atoms with E-state index in [0.717, 1.165) is 20.9 Å². The standard InChI is InChI=1S/C26H21Br2Cl2N3O3/c1-3-4-24-32-22-8-6-17(27)11-19(22)26(34)33(24)31-13-16-10-18(28)12-23(35-2)25(16)36-14-15-5-7-20(29)21(30)9-15/h5-13H,3-4,14H2,1-2H3. The second-order valence-corrected chi connectivity index (χ2v) is 10.5. The molecular weight excluding hydrogens is 633 g/mol. The van der Waals surface area contributed by atoms with Gasteiger partial charge in [-0.2, -0.15) is 9.78 Å². The Morgan fingerprint density at radius 3 is 2.58 bits per heavy atom. The van der Waals surface area contributed by atoms with Crippen molar-refractivity contribution in [3.05, 3.63) is 94.8 Å². The average molecular weight is 654 g/mol. The molecular formula is C26H21Br2Cl2N3O3. The fourth-order valence-electron chi connectivity index (χ4n) is 3.59. The van der Waals surface area contributed by atoms with Gasteiger partial charge in [-0.05, 0) is 54.4 Å². The molecule has 1 heterocycles. The predicted octanol–water partition coefficient (Wildman–Crippen LogP) is 7.65. The summed E-state index contributed by atoms with van der Waals surface area (Å²) in [5.41, 5.74) is 1.84.